The number of anilines is 1. The number of carbonyl (C=O) groups is 1. The van der Waals surface area contributed by atoms with Gasteiger partial charge in [0.15, 0.2) is 0 Å². The third kappa shape index (κ3) is 4.59. The minimum atomic E-state index is -0.219. The summed E-state index contributed by atoms with van der Waals surface area (Å²) in [5, 5.41) is 3.15. The van der Waals surface area contributed by atoms with Crippen LogP contribution in [0.5, 0.6) is 0 Å². The number of carbonyl (C=O) groups excluding carboxylic acids is 1. The van der Waals surface area contributed by atoms with Crippen LogP contribution < -0.4 is 11.1 Å². The second-order valence-electron chi connectivity index (χ2n) is 3.25. The molecular weight excluding hydrogens is 256 g/mol. The van der Waals surface area contributed by atoms with Crippen molar-refractivity contribution in [1.82, 2.24) is 5.32 Å². The van der Waals surface area contributed by atoms with Gasteiger partial charge in [-0.1, -0.05) is 17.5 Å². The Bertz CT molecular complexity index is 443. The van der Waals surface area contributed by atoms with E-state index < -0.39 is 0 Å². The molecule has 0 saturated heterocycles. The predicted octanol–water partition coefficient (Wildman–Crippen LogP) is 2.02. The number of nitrogens with two attached hydrogens (primary N) is 1. The van der Waals surface area contributed by atoms with Gasteiger partial charge in [-0.3, -0.25) is 4.79 Å². The molecule has 3 nitrogen and oxygen atoms in total. The van der Waals surface area contributed by atoms with Crippen LogP contribution in [0.1, 0.15) is 10.4 Å². The minimum Gasteiger partial charge on any atom is -0.399 e. The summed E-state index contributed by atoms with van der Waals surface area (Å²) in [5.41, 5.74) is 6.51. The molecule has 1 amide bonds. The molecule has 0 atom stereocenters. The molecule has 0 aliphatic rings. The molecule has 0 unspecified atom stereocenters. The molecule has 5 heteroatoms. The van der Waals surface area contributed by atoms with E-state index in [1.54, 1.807) is 30.0 Å². The summed E-state index contributed by atoms with van der Waals surface area (Å²) < 4.78 is 0. The van der Waals surface area contributed by atoms with Gasteiger partial charge in [0.25, 0.3) is 5.91 Å². The molecule has 0 aromatic heterocycles. The SMILES string of the molecule is C#CCSCCNC(=O)c1cc(N)ccc1Cl. The molecule has 0 saturated carbocycles. The van der Waals surface area contributed by atoms with Gasteiger partial charge in [0, 0.05) is 18.0 Å². The van der Waals surface area contributed by atoms with Crippen molar-refractivity contribution >= 4 is 35.0 Å². The lowest BCUT2D eigenvalue weighted by molar-refractivity contribution is 0.0956. The highest BCUT2D eigenvalue weighted by Gasteiger charge is 2.09. The van der Waals surface area contributed by atoms with Gasteiger partial charge in [0.1, 0.15) is 0 Å². The fourth-order valence-electron chi connectivity index (χ4n) is 1.18. The van der Waals surface area contributed by atoms with E-state index in [9.17, 15) is 4.79 Å². The van der Waals surface area contributed by atoms with Gasteiger partial charge in [-0.25, -0.2) is 0 Å². The highest BCUT2D eigenvalue weighted by Crippen LogP contribution is 2.18. The van der Waals surface area contributed by atoms with Crippen molar-refractivity contribution in [2.45, 2.75) is 0 Å². The molecule has 1 aromatic rings. The highest BCUT2D eigenvalue weighted by atomic mass is 35.5. The summed E-state index contributed by atoms with van der Waals surface area (Å²) in [4.78, 5) is 11.7. The fourth-order valence-corrected chi connectivity index (χ4v) is 1.89. The van der Waals surface area contributed by atoms with E-state index in [-0.39, 0.29) is 5.91 Å². The molecule has 3 N–H and O–H groups in total. The number of terminal acetylenes is 1. The molecule has 0 bridgehead atoms. The van der Waals surface area contributed by atoms with Gasteiger partial charge < -0.3 is 11.1 Å². The summed E-state index contributed by atoms with van der Waals surface area (Å²) >= 11 is 7.49. The number of benzene rings is 1. The Hall–Kier alpha value is -1.31. The van der Waals surface area contributed by atoms with Crippen LogP contribution in [-0.4, -0.2) is 24.0 Å². The summed E-state index contributed by atoms with van der Waals surface area (Å²) in [6, 6.07) is 4.83. The molecule has 1 rings (SSSR count). The lowest BCUT2D eigenvalue weighted by Gasteiger charge is -2.06. The van der Waals surface area contributed by atoms with Crippen LogP contribution in [0.15, 0.2) is 18.2 Å². The summed E-state index contributed by atoms with van der Waals surface area (Å²) in [5.74, 6) is 3.72. The third-order valence-corrected chi connectivity index (χ3v) is 3.15. The number of halogens is 1. The van der Waals surface area contributed by atoms with E-state index in [2.05, 4.69) is 11.2 Å². The van der Waals surface area contributed by atoms with Crippen molar-refractivity contribution in [1.29, 1.82) is 0 Å². The van der Waals surface area contributed by atoms with Crippen molar-refractivity contribution in [3.63, 3.8) is 0 Å². The van der Waals surface area contributed by atoms with Gasteiger partial charge >= 0.3 is 0 Å². The van der Waals surface area contributed by atoms with Crippen molar-refractivity contribution in [2.24, 2.45) is 0 Å². The summed E-state index contributed by atoms with van der Waals surface area (Å²) in [6.07, 6.45) is 5.11. The van der Waals surface area contributed by atoms with Crippen molar-refractivity contribution in [3.8, 4) is 12.3 Å². The Balaban J connectivity index is 2.47. The molecule has 1 aromatic carbocycles. The zero-order valence-electron chi connectivity index (χ0n) is 9.20. The normalized spacial score (nSPS) is 9.65. The molecule has 90 valence electrons. The van der Waals surface area contributed by atoms with Crippen LogP contribution in [0, 0.1) is 12.3 Å². The molecule has 0 fully saturated rings. The monoisotopic (exact) mass is 268 g/mol. The Morgan fingerprint density at radius 1 is 1.59 bits per heavy atom. The molecule has 0 heterocycles. The Morgan fingerprint density at radius 3 is 3.06 bits per heavy atom. The Morgan fingerprint density at radius 2 is 2.35 bits per heavy atom. The van der Waals surface area contributed by atoms with E-state index in [1.165, 1.54) is 0 Å². The first kappa shape index (κ1) is 13.8. The van der Waals surface area contributed by atoms with E-state index in [4.69, 9.17) is 23.8 Å². The van der Waals surface area contributed by atoms with Gasteiger partial charge in [-0.05, 0) is 18.2 Å². The molecule has 0 aliphatic carbocycles. The average molecular weight is 269 g/mol. The maximum absolute atomic E-state index is 11.7. The Kier molecular flexibility index (Phi) is 5.75. The maximum Gasteiger partial charge on any atom is 0.252 e. The van der Waals surface area contributed by atoms with Crippen LogP contribution in [0.4, 0.5) is 5.69 Å². The molecule has 0 aliphatic heterocycles. The first-order valence-electron chi connectivity index (χ1n) is 4.99. The quantitative estimate of drug-likeness (QED) is 0.488. The number of hydrogen-bond donors (Lipinski definition) is 2. The third-order valence-electron chi connectivity index (χ3n) is 1.95. The standard InChI is InChI=1S/C12H13ClN2OS/c1-2-6-17-7-5-15-12(16)10-8-9(14)3-4-11(10)13/h1,3-4,8H,5-7,14H2,(H,15,16). The van der Waals surface area contributed by atoms with Crippen molar-refractivity contribution < 1.29 is 4.79 Å². The first-order chi connectivity index (χ1) is 8.15. The number of hydrogen-bond acceptors (Lipinski definition) is 3. The smallest absolute Gasteiger partial charge is 0.252 e. The van der Waals surface area contributed by atoms with Crippen LogP contribution >= 0.6 is 23.4 Å². The average Bonchev–Trinajstić information content (AvgIpc) is 2.32. The van der Waals surface area contributed by atoms with E-state index >= 15 is 0 Å². The van der Waals surface area contributed by atoms with E-state index in [0.29, 0.717) is 28.6 Å². The van der Waals surface area contributed by atoms with Crippen molar-refractivity contribution in [3.05, 3.63) is 28.8 Å². The predicted molar refractivity (Wildman–Crippen MR) is 74.4 cm³/mol. The largest absolute Gasteiger partial charge is 0.399 e. The van der Waals surface area contributed by atoms with Crippen LogP contribution in [-0.2, 0) is 0 Å². The lowest BCUT2D eigenvalue weighted by atomic mass is 10.2. The second-order valence-corrected chi connectivity index (χ2v) is 4.76. The Labute approximate surface area is 110 Å². The van der Waals surface area contributed by atoms with Crippen LogP contribution in [0.25, 0.3) is 0 Å². The van der Waals surface area contributed by atoms with E-state index in [0.717, 1.165) is 5.75 Å². The van der Waals surface area contributed by atoms with Gasteiger partial charge in [-0.2, -0.15) is 0 Å². The summed E-state index contributed by atoms with van der Waals surface area (Å²) in [6.45, 7) is 0.552. The minimum absolute atomic E-state index is 0.219. The number of nitrogens with one attached hydrogen (secondary N) is 1. The number of thioether (sulfide) groups is 1. The van der Waals surface area contributed by atoms with Gasteiger partial charge in [0.2, 0.25) is 0 Å². The lowest BCUT2D eigenvalue weighted by Crippen LogP contribution is -2.26. The zero-order valence-corrected chi connectivity index (χ0v) is 10.8. The van der Waals surface area contributed by atoms with Crippen LogP contribution in [0.3, 0.4) is 0 Å². The first-order valence-corrected chi connectivity index (χ1v) is 6.53. The maximum atomic E-state index is 11.7. The van der Waals surface area contributed by atoms with Gasteiger partial charge in [0.05, 0.1) is 16.3 Å². The van der Waals surface area contributed by atoms with E-state index in [1.807, 2.05) is 0 Å². The van der Waals surface area contributed by atoms with Crippen molar-refractivity contribution in [2.75, 3.05) is 23.8 Å². The fraction of sp³-hybridized carbons (Fsp3) is 0.250. The molecule has 0 radical (unpaired) electrons. The zero-order chi connectivity index (χ0) is 12.7. The highest BCUT2D eigenvalue weighted by molar-refractivity contribution is 7.99. The molecule has 0 spiro atoms. The molecule has 17 heavy (non-hydrogen) atoms. The number of rotatable bonds is 5. The van der Waals surface area contributed by atoms with Gasteiger partial charge in [-0.15, -0.1) is 18.2 Å². The van der Waals surface area contributed by atoms with Crippen LogP contribution in [0.2, 0.25) is 5.02 Å². The molecular formula is C12H13ClN2OS. The number of amides is 1. The summed E-state index contributed by atoms with van der Waals surface area (Å²) in [7, 11) is 0. The number of nitrogen functional groups attached to an aromatic ring is 1. The topological polar surface area (TPSA) is 55.1 Å². The second kappa shape index (κ2) is 7.10.